The number of nitrogens with zero attached hydrogens (tertiary/aromatic N) is 2. The van der Waals surface area contributed by atoms with Gasteiger partial charge in [-0.1, -0.05) is 36.4 Å². The van der Waals surface area contributed by atoms with Gasteiger partial charge < -0.3 is 19.1 Å². The van der Waals surface area contributed by atoms with Crippen LogP contribution in [0.3, 0.4) is 0 Å². The van der Waals surface area contributed by atoms with E-state index in [2.05, 4.69) is 22.0 Å². The summed E-state index contributed by atoms with van der Waals surface area (Å²) >= 11 is 0. The Morgan fingerprint density at radius 1 is 0.944 bits per heavy atom. The molecule has 1 saturated heterocycles. The van der Waals surface area contributed by atoms with E-state index in [1.54, 1.807) is 18.3 Å². The number of morpholine rings is 1. The van der Waals surface area contributed by atoms with Crippen molar-refractivity contribution < 1.29 is 19.0 Å². The first-order chi connectivity index (χ1) is 17.7. The number of benzene rings is 4. The smallest absolute Gasteiger partial charge is 0.344 e. The molecule has 0 radical (unpaired) electrons. The third-order valence-electron chi connectivity index (χ3n) is 6.07. The lowest BCUT2D eigenvalue weighted by Gasteiger charge is -2.28. The van der Waals surface area contributed by atoms with Crippen molar-refractivity contribution >= 4 is 34.3 Å². The molecule has 6 heteroatoms. The van der Waals surface area contributed by atoms with Crippen molar-refractivity contribution in [1.29, 1.82) is 0 Å². The Morgan fingerprint density at radius 3 is 2.53 bits per heavy atom. The Labute approximate surface area is 210 Å². The van der Waals surface area contributed by atoms with E-state index in [1.807, 2.05) is 67.6 Å². The molecule has 0 spiro atoms. The number of carbonyl (C=O) groups excluding carboxylic acids is 1. The van der Waals surface area contributed by atoms with Crippen LogP contribution in [0.2, 0.25) is 0 Å². The van der Waals surface area contributed by atoms with Crippen LogP contribution in [0.4, 0.5) is 11.4 Å². The molecule has 1 aliphatic heterocycles. The molecule has 0 unspecified atom stereocenters. The molecule has 182 valence electrons. The second-order valence-electron chi connectivity index (χ2n) is 8.43. The number of rotatable bonds is 7. The molecule has 4 aromatic carbocycles. The molecule has 0 aromatic heterocycles. The number of carbonyl (C=O) groups is 1. The van der Waals surface area contributed by atoms with Gasteiger partial charge in [-0.05, 0) is 71.8 Å². The van der Waals surface area contributed by atoms with E-state index in [1.165, 1.54) is 5.69 Å². The number of hydrogen-bond acceptors (Lipinski definition) is 6. The van der Waals surface area contributed by atoms with Crippen LogP contribution in [0.1, 0.15) is 22.8 Å². The summed E-state index contributed by atoms with van der Waals surface area (Å²) in [6.45, 7) is 5.67. The molecule has 0 saturated carbocycles. The zero-order chi connectivity index (χ0) is 24.7. The minimum absolute atomic E-state index is 0.377. The van der Waals surface area contributed by atoms with E-state index in [4.69, 9.17) is 14.2 Å². The highest BCUT2D eigenvalue weighted by Gasteiger charge is 2.16. The van der Waals surface area contributed by atoms with Gasteiger partial charge in [-0.2, -0.15) is 0 Å². The van der Waals surface area contributed by atoms with E-state index >= 15 is 0 Å². The number of esters is 1. The van der Waals surface area contributed by atoms with Gasteiger partial charge in [0, 0.05) is 25.0 Å². The molecule has 0 amide bonds. The summed E-state index contributed by atoms with van der Waals surface area (Å²) < 4.78 is 17.0. The lowest BCUT2D eigenvalue weighted by atomic mass is 10.0. The molecule has 1 heterocycles. The molecular weight excluding hydrogens is 452 g/mol. The minimum atomic E-state index is -0.422. The third-order valence-corrected chi connectivity index (χ3v) is 6.07. The zero-order valence-corrected chi connectivity index (χ0v) is 20.2. The first-order valence-corrected chi connectivity index (χ1v) is 12.1. The van der Waals surface area contributed by atoms with Crippen LogP contribution in [0.5, 0.6) is 11.5 Å². The maximum Gasteiger partial charge on any atom is 0.344 e. The quantitative estimate of drug-likeness (QED) is 0.183. The predicted octanol–water partition coefficient (Wildman–Crippen LogP) is 6.04. The molecule has 4 aromatic rings. The summed E-state index contributed by atoms with van der Waals surface area (Å²) in [5, 5.41) is 1.84. The molecule has 0 atom stereocenters. The van der Waals surface area contributed by atoms with Crippen LogP contribution < -0.4 is 14.4 Å². The summed E-state index contributed by atoms with van der Waals surface area (Å²) in [5.74, 6) is 0.453. The van der Waals surface area contributed by atoms with Gasteiger partial charge in [-0.3, -0.25) is 4.99 Å². The highest BCUT2D eigenvalue weighted by Crippen LogP contribution is 2.30. The molecule has 5 rings (SSSR count). The van der Waals surface area contributed by atoms with Crippen LogP contribution in [0.25, 0.3) is 10.8 Å². The molecule has 0 N–H and O–H groups in total. The van der Waals surface area contributed by atoms with E-state index in [9.17, 15) is 4.79 Å². The Kier molecular flexibility index (Phi) is 7.24. The lowest BCUT2D eigenvalue weighted by Crippen LogP contribution is -2.36. The fourth-order valence-corrected chi connectivity index (χ4v) is 4.24. The Balaban J connectivity index is 1.32. The fraction of sp³-hybridized carbons (Fsp3) is 0.200. The van der Waals surface area contributed by atoms with Crippen molar-refractivity contribution in [3.05, 3.63) is 96.1 Å². The van der Waals surface area contributed by atoms with Gasteiger partial charge >= 0.3 is 5.97 Å². The fourth-order valence-electron chi connectivity index (χ4n) is 4.24. The maximum absolute atomic E-state index is 13.0. The third kappa shape index (κ3) is 5.39. The highest BCUT2D eigenvalue weighted by molar-refractivity contribution is 6.05. The van der Waals surface area contributed by atoms with E-state index < -0.39 is 5.97 Å². The van der Waals surface area contributed by atoms with Crippen LogP contribution in [-0.4, -0.2) is 45.1 Å². The average molecular weight is 481 g/mol. The number of ether oxygens (including phenoxy) is 3. The number of anilines is 1. The number of aliphatic imine (C=N–C) groups is 1. The minimum Gasteiger partial charge on any atom is -0.490 e. The average Bonchev–Trinajstić information content (AvgIpc) is 2.93. The molecule has 6 nitrogen and oxygen atoms in total. The van der Waals surface area contributed by atoms with Crippen molar-refractivity contribution in [2.75, 3.05) is 37.8 Å². The predicted molar refractivity (Wildman–Crippen MR) is 143 cm³/mol. The topological polar surface area (TPSA) is 60.4 Å². The van der Waals surface area contributed by atoms with Gasteiger partial charge in [0.05, 0.1) is 31.1 Å². The molecular formula is C30H28N2O4. The van der Waals surface area contributed by atoms with Crippen molar-refractivity contribution in [3.63, 3.8) is 0 Å². The zero-order valence-electron chi connectivity index (χ0n) is 20.2. The monoisotopic (exact) mass is 480 g/mol. The Bertz CT molecular complexity index is 1370. The van der Waals surface area contributed by atoms with Gasteiger partial charge in [0.2, 0.25) is 0 Å². The molecule has 0 aliphatic carbocycles. The van der Waals surface area contributed by atoms with E-state index in [0.29, 0.717) is 23.7 Å². The van der Waals surface area contributed by atoms with Crippen LogP contribution in [0.15, 0.2) is 89.9 Å². The second-order valence-corrected chi connectivity index (χ2v) is 8.43. The number of fused-ring (bicyclic) bond motifs is 1. The van der Waals surface area contributed by atoms with Gasteiger partial charge in [0.15, 0.2) is 11.5 Å². The van der Waals surface area contributed by atoms with Gasteiger partial charge in [0.25, 0.3) is 0 Å². The maximum atomic E-state index is 13.0. The van der Waals surface area contributed by atoms with Crippen LogP contribution >= 0.6 is 0 Å². The Hall–Kier alpha value is -4.16. The van der Waals surface area contributed by atoms with Crippen LogP contribution in [-0.2, 0) is 4.74 Å². The normalized spacial score (nSPS) is 13.8. The molecule has 0 bridgehead atoms. The van der Waals surface area contributed by atoms with Crippen molar-refractivity contribution in [2.45, 2.75) is 6.92 Å². The summed E-state index contributed by atoms with van der Waals surface area (Å²) in [6.07, 6.45) is 1.78. The van der Waals surface area contributed by atoms with E-state index in [0.717, 1.165) is 48.3 Å². The SMILES string of the molecule is CCOc1cc(C=Nc2ccc(N3CCOCC3)cc2)ccc1OC(=O)c1cccc2ccccc12. The highest BCUT2D eigenvalue weighted by atomic mass is 16.6. The van der Waals surface area contributed by atoms with Gasteiger partial charge in [-0.25, -0.2) is 4.79 Å². The summed E-state index contributed by atoms with van der Waals surface area (Å²) in [4.78, 5) is 19.9. The number of hydrogen-bond donors (Lipinski definition) is 0. The first-order valence-electron chi connectivity index (χ1n) is 12.1. The van der Waals surface area contributed by atoms with E-state index in [-0.39, 0.29) is 0 Å². The van der Waals surface area contributed by atoms with Crippen LogP contribution in [0, 0.1) is 0 Å². The van der Waals surface area contributed by atoms with Crippen molar-refractivity contribution in [2.24, 2.45) is 4.99 Å². The first kappa shape index (κ1) is 23.6. The summed E-state index contributed by atoms with van der Waals surface area (Å²) in [7, 11) is 0. The summed E-state index contributed by atoms with van der Waals surface area (Å²) in [5.41, 5.74) is 3.40. The lowest BCUT2D eigenvalue weighted by molar-refractivity contribution is 0.0730. The van der Waals surface area contributed by atoms with Gasteiger partial charge in [0.1, 0.15) is 0 Å². The molecule has 1 fully saturated rings. The summed E-state index contributed by atoms with van der Waals surface area (Å²) in [6, 6.07) is 27.0. The Morgan fingerprint density at radius 2 is 1.72 bits per heavy atom. The van der Waals surface area contributed by atoms with Gasteiger partial charge in [-0.15, -0.1) is 0 Å². The van der Waals surface area contributed by atoms with Crippen molar-refractivity contribution in [1.82, 2.24) is 0 Å². The van der Waals surface area contributed by atoms with Crippen molar-refractivity contribution in [3.8, 4) is 11.5 Å². The molecule has 1 aliphatic rings. The second kappa shape index (κ2) is 11.1. The largest absolute Gasteiger partial charge is 0.490 e. The molecule has 36 heavy (non-hydrogen) atoms. The standard InChI is InChI=1S/C30H28N2O4/c1-2-35-29-20-22(21-31-24-11-13-25(14-12-24)32-16-18-34-19-17-32)10-15-28(29)36-30(33)27-9-5-7-23-6-3-4-8-26(23)27/h3-15,20-21H,2,16-19H2,1H3.